The topological polar surface area (TPSA) is 71.8 Å². The van der Waals surface area contributed by atoms with E-state index in [-0.39, 0.29) is 11.1 Å². The normalized spacial score (nSPS) is 16.7. The Morgan fingerprint density at radius 2 is 2.00 bits per heavy atom. The van der Waals surface area contributed by atoms with E-state index in [2.05, 4.69) is 4.90 Å². The maximum Gasteiger partial charge on any atom is 0.337 e. The Morgan fingerprint density at radius 1 is 1.28 bits per heavy atom. The molecule has 0 saturated carbocycles. The molecule has 1 aromatic heterocycles. The minimum absolute atomic E-state index is 0.136. The maximum absolute atomic E-state index is 11.6. The summed E-state index contributed by atoms with van der Waals surface area (Å²) in [4.78, 5) is 24.6. The number of rotatable bonds is 4. The predicted molar refractivity (Wildman–Crippen MR) is 64.9 cm³/mol. The summed E-state index contributed by atoms with van der Waals surface area (Å²) in [6.07, 6.45) is 1.39. The number of carbonyl (C=O) groups is 1. The van der Waals surface area contributed by atoms with E-state index in [1.807, 2.05) is 0 Å². The smallest absolute Gasteiger partial charge is 0.337 e. The average Bonchev–Trinajstić information content (AvgIpc) is 2.38. The SMILES string of the molecule is O=C(O)c1ccc(=O)n(CCN2CCOCC2)c1. The molecule has 0 amide bonds. The molecule has 0 aromatic carbocycles. The van der Waals surface area contributed by atoms with Gasteiger partial charge in [-0.2, -0.15) is 0 Å². The first kappa shape index (κ1) is 12.8. The van der Waals surface area contributed by atoms with Crippen molar-refractivity contribution in [2.45, 2.75) is 6.54 Å². The summed E-state index contributed by atoms with van der Waals surface area (Å²) in [6.45, 7) is 4.36. The molecule has 1 saturated heterocycles. The number of carboxylic acid groups (broad SMARTS) is 1. The monoisotopic (exact) mass is 252 g/mol. The maximum atomic E-state index is 11.6. The number of ether oxygens (including phenoxy) is 1. The number of nitrogens with zero attached hydrogens (tertiary/aromatic N) is 2. The third-order valence-electron chi connectivity index (χ3n) is 2.99. The van der Waals surface area contributed by atoms with Crippen LogP contribution in [-0.2, 0) is 11.3 Å². The molecule has 1 N–H and O–H groups in total. The third kappa shape index (κ3) is 3.18. The molecule has 1 aliphatic rings. The predicted octanol–water partition coefficient (Wildman–Crippen LogP) is -0.121. The van der Waals surface area contributed by atoms with E-state index in [0.717, 1.165) is 19.6 Å². The standard InChI is InChI=1S/C12H16N2O4/c15-11-2-1-10(12(16)17)9-14(11)4-3-13-5-7-18-8-6-13/h1-2,9H,3-8H2,(H,16,17). The highest BCUT2D eigenvalue weighted by molar-refractivity contribution is 5.87. The minimum Gasteiger partial charge on any atom is -0.478 e. The number of aromatic nitrogens is 1. The zero-order valence-electron chi connectivity index (χ0n) is 10.0. The van der Waals surface area contributed by atoms with Crippen molar-refractivity contribution in [1.29, 1.82) is 0 Å². The Morgan fingerprint density at radius 3 is 2.67 bits per heavy atom. The molecule has 1 aromatic rings. The molecule has 98 valence electrons. The molecule has 1 aliphatic heterocycles. The minimum atomic E-state index is -1.02. The third-order valence-corrected chi connectivity index (χ3v) is 2.99. The highest BCUT2D eigenvalue weighted by atomic mass is 16.5. The van der Waals surface area contributed by atoms with Gasteiger partial charge in [-0.05, 0) is 6.07 Å². The molecule has 0 aliphatic carbocycles. The molecule has 0 bridgehead atoms. The van der Waals surface area contributed by atoms with Crippen LogP contribution in [0.1, 0.15) is 10.4 Å². The summed E-state index contributed by atoms with van der Waals surface area (Å²) in [6, 6.07) is 2.62. The van der Waals surface area contributed by atoms with Crippen LogP contribution in [0.4, 0.5) is 0 Å². The summed E-state index contributed by atoms with van der Waals surface area (Å²) in [5, 5.41) is 8.87. The van der Waals surface area contributed by atoms with Gasteiger partial charge in [0.05, 0.1) is 18.8 Å². The van der Waals surface area contributed by atoms with Crippen molar-refractivity contribution in [2.75, 3.05) is 32.8 Å². The lowest BCUT2D eigenvalue weighted by Crippen LogP contribution is -2.39. The Kier molecular flexibility index (Phi) is 4.11. The zero-order chi connectivity index (χ0) is 13.0. The Hall–Kier alpha value is -1.66. The molecule has 6 heteroatoms. The fourth-order valence-corrected chi connectivity index (χ4v) is 1.91. The van der Waals surface area contributed by atoms with Crippen molar-refractivity contribution in [3.63, 3.8) is 0 Å². The molecule has 0 atom stereocenters. The first-order valence-electron chi connectivity index (χ1n) is 5.91. The second-order valence-corrected chi connectivity index (χ2v) is 4.21. The second-order valence-electron chi connectivity index (χ2n) is 4.21. The van der Waals surface area contributed by atoms with Crippen LogP contribution in [-0.4, -0.2) is 53.4 Å². The molecule has 1 fully saturated rings. The van der Waals surface area contributed by atoms with Crippen molar-refractivity contribution in [3.05, 3.63) is 34.2 Å². The van der Waals surface area contributed by atoms with E-state index < -0.39 is 5.97 Å². The van der Waals surface area contributed by atoms with E-state index in [0.29, 0.717) is 19.8 Å². The molecule has 2 rings (SSSR count). The van der Waals surface area contributed by atoms with Crippen LogP contribution in [0.5, 0.6) is 0 Å². The van der Waals surface area contributed by atoms with Gasteiger partial charge in [-0.15, -0.1) is 0 Å². The number of hydrogen-bond acceptors (Lipinski definition) is 4. The van der Waals surface area contributed by atoms with Gasteiger partial charge >= 0.3 is 5.97 Å². The summed E-state index contributed by atoms with van der Waals surface area (Å²) >= 11 is 0. The molecule has 2 heterocycles. The lowest BCUT2D eigenvalue weighted by Gasteiger charge is -2.26. The second kappa shape index (κ2) is 5.79. The van der Waals surface area contributed by atoms with Gasteiger partial charge in [0.15, 0.2) is 0 Å². The summed E-state index contributed by atoms with van der Waals surface area (Å²) in [7, 11) is 0. The quantitative estimate of drug-likeness (QED) is 0.808. The molecule has 18 heavy (non-hydrogen) atoms. The number of carboxylic acids is 1. The van der Waals surface area contributed by atoms with Crippen molar-refractivity contribution in [2.24, 2.45) is 0 Å². The van der Waals surface area contributed by atoms with E-state index in [4.69, 9.17) is 9.84 Å². The summed E-state index contributed by atoms with van der Waals surface area (Å²) in [5.41, 5.74) is -0.0372. The Balaban J connectivity index is 2.01. The van der Waals surface area contributed by atoms with Crippen molar-refractivity contribution >= 4 is 5.97 Å². The number of aromatic carboxylic acids is 1. The van der Waals surface area contributed by atoms with Crippen LogP contribution in [0.15, 0.2) is 23.1 Å². The van der Waals surface area contributed by atoms with Gasteiger partial charge in [0, 0.05) is 38.4 Å². The molecule has 0 spiro atoms. The van der Waals surface area contributed by atoms with Gasteiger partial charge in [0.2, 0.25) is 0 Å². The van der Waals surface area contributed by atoms with Crippen molar-refractivity contribution in [1.82, 2.24) is 9.47 Å². The van der Waals surface area contributed by atoms with Gasteiger partial charge in [0.1, 0.15) is 0 Å². The molecule has 6 nitrogen and oxygen atoms in total. The van der Waals surface area contributed by atoms with Crippen LogP contribution < -0.4 is 5.56 Å². The van der Waals surface area contributed by atoms with Crippen LogP contribution in [0, 0.1) is 0 Å². The first-order chi connectivity index (χ1) is 8.66. The number of morpholine rings is 1. The Bertz CT molecular complexity index is 477. The highest BCUT2D eigenvalue weighted by Gasteiger charge is 2.11. The number of hydrogen-bond donors (Lipinski definition) is 1. The average molecular weight is 252 g/mol. The summed E-state index contributed by atoms with van der Waals surface area (Å²) in [5.74, 6) is -1.02. The number of pyridine rings is 1. The lowest BCUT2D eigenvalue weighted by molar-refractivity contribution is 0.0362. The fraction of sp³-hybridized carbons (Fsp3) is 0.500. The van der Waals surface area contributed by atoms with Crippen molar-refractivity contribution < 1.29 is 14.6 Å². The van der Waals surface area contributed by atoms with E-state index in [1.165, 1.54) is 22.9 Å². The first-order valence-corrected chi connectivity index (χ1v) is 5.91. The Labute approximate surface area is 104 Å². The summed E-state index contributed by atoms with van der Waals surface area (Å²) < 4.78 is 6.68. The van der Waals surface area contributed by atoms with E-state index in [1.54, 1.807) is 0 Å². The van der Waals surface area contributed by atoms with Crippen LogP contribution in [0.3, 0.4) is 0 Å². The van der Waals surface area contributed by atoms with Crippen LogP contribution >= 0.6 is 0 Å². The van der Waals surface area contributed by atoms with Gasteiger partial charge < -0.3 is 14.4 Å². The van der Waals surface area contributed by atoms with Gasteiger partial charge in [-0.1, -0.05) is 0 Å². The van der Waals surface area contributed by atoms with Crippen LogP contribution in [0.25, 0.3) is 0 Å². The lowest BCUT2D eigenvalue weighted by atomic mass is 10.3. The fourth-order valence-electron chi connectivity index (χ4n) is 1.91. The van der Waals surface area contributed by atoms with Gasteiger partial charge in [0.25, 0.3) is 5.56 Å². The highest BCUT2D eigenvalue weighted by Crippen LogP contribution is 1.99. The molecule has 0 radical (unpaired) electrons. The van der Waals surface area contributed by atoms with E-state index >= 15 is 0 Å². The van der Waals surface area contributed by atoms with Crippen molar-refractivity contribution in [3.8, 4) is 0 Å². The zero-order valence-corrected chi connectivity index (χ0v) is 10.0. The van der Waals surface area contributed by atoms with Gasteiger partial charge in [-0.25, -0.2) is 4.79 Å². The molecular formula is C12H16N2O4. The van der Waals surface area contributed by atoms with E-state index in [9.17, 15) is 9.59 Å². The van der Waals surface area contributed by atoms with Gasteiger partial charge in [-0.3, -0.25) is 9.69 Å². The van der Waals surface area contributed by atoms with Crippen LogP contribution in [0.2, 0.25) is 0 Å². The molecular weight excluding hydrogens is 236 g/mol. The molecule has 0 unspecified atom stereocenters. The largest absolute Gasteiger partial charge is 0.478 e.